The lowest BCUT2D eigenvalue weighted by Crippen LogP contribution is -2.38. The summed E-state index contributed by atoms with van der Waals surface area (Å²) < 4.78 is 11.3. The lowest BCUT2D eigenvalue weighted by Gasteiger charge is -2.31. The van der Waals surface area contributed by atoms with E-state index in [0.29, 0.717) is 24.3 Å². The molecule has 1 aliphatic carbocycles. The van der Waals surface area contributed by atoms with Gasteiger partial charge in [0.15, 0.2) is 5.75 Å². The van der Waals surface area contributed by atoms with Gasteiger partial charge in [0.05, 0.1) is 18.6 Å². The van der Waals surface area contributed by atoms with Crippen molar-refractivity contribution >= 4 is 23.6 Å². The standard InChI is InChI=1S/C35H33N3O7/c1-44-33-18-23(15-16-32(33)38(42)43)20-37(26-10-6-8-24(19-26)25-9-7-17-36(21-25)34(39)40)35(41)45-22-31-29-13-4-2-11-27(29)28-12-3-5-14-30(28)31/h2-6,8,10-16,18-19,25,31H,7,9,17,20-22H2,1H3,(H,39,40). The van der Waals surface area contributed by atoms with Crippen molar-refractivity contribution in [2.75, 3.05) is 31.7 Å². The summed E-state index contributed by atoms with van der Waals surface area (Å²) in [6.45, 7) is 1.08. The van der Waals surface area contributed by atoms with Gasteiger partial charge in [-0.05, 0) is 64.4 Å². The molecule has 6 rings (SSSR count). The summed E-state index contributed by atoms with van der Waals surface area (Å²) in [6.07, 6.45) is 0.0720. The van der Waals surface area contributed by atoms with E-state index < -0.39 is 17.1 Å². The second kappa shape index (κ2) is 12.7. The number of amides is 2. The first-order valence-corrected chi connectivity index (χ1v) is 14.9. The summed E-state index contributed by atoms with van der Waals surface area (Å²) in [5.41, 5.74) is 6.40. The first-order chi connectivity index (χ1) is 21.8. The smallest absolute Gasteiger partial charge is 0.414 e. The normalized spacial score (nSPS) is 15.6. The summed E-state index contributed by atoms with van der Waals surface area (Å²) in [5, 5.41) is 21.0. The molecule has 4 aromatic carbocycles. The summed E-state index contributed by atoms with van der Waals surface area (Å²) in [7, 11) is 1.36. The molecule has 4 aromatic rings. The molecule has 0 saturated carbocycles. The van der Waals surface area contributed by atoms with Crippen LogP contribution in [-0.4, -0.2) is 53.9 Å². The molecule has 0 bridgehead atoms. The number of carboxylic acid groups (broad SMARTS) is 1. The van der Waals surface area contributed by atoms with Gasteiger partial charge in [0.1, 0.15) is 6.61 Å². The van der Waals surface area contributed by atoms with E-state index in [2.05, 4.69) is 24.3 Å². The van der Waals surface area contributed by atoms with Crippen molar-refractivity contribution in [2.24, 2.45) is 0 Å². The van der Waals surface area contributed by atoms with Crippen LogP contribution in [0.25, 0.3) is 11.1 Å². The zero-order valence-electron chi connectivity index (χ0n) is 24.8. The topological polar surface area (TPSA) is 122 Å². The Bertz CT molecular complexity index is 1710. The van der Waals surface area contributed by atoms with E-state index in [1.807, 2.05) is 48.5 Å². The number of carbonyl (C=O) groups is 2. The number of ether oxygens (including phenoxy) is 2. The molecule has 0 spiro atoms. The third-order valence-corrected chi connectivity index (χ3v) is 8.68. The molecule has 1 unspecified atom stereocenters. The summed E-state index contributed by atoms with van der Waals surface area (Å²) >= 11 is 0. The number of likely N-dealkylation sites (tertiary alicyclic amines) is 1. The second-order valence-electron chi connectivity index (χ2n) is 11.3. The first-order valence-electron chi connectivity index (χ1n) is 14.9. The van der Waals surface area contributed by atoms with E-state index in [0.717, 1.165) is 40.7 Å². The van der Waals surface area contributed by atoms with Gasteiger partial charge in [0.2, 0.25) is 0 Å². The minimum absolute atomic E-state index is 0.0152. The van der Waals surface area contributed by atoms with Crippen LogP contribution in [0.15, 0.2) is 91.0 Å². The highest BCUT2D eigenvalue weighted by atomic mass is 16.6. The number of anilines is 1. The van der Waals surface area contributed by atoms with Crippen LogP contribution in [0.3, 0.4) is 0 Å². The third-order valence-electron chi connectivity index (χ3n) is 8.68. The summed E-state index contributed by atoms with van der Waals surface area (Å²) in [5.74, 6) is -0.0495. The first kappa shape index (κ1) is 29.7. The van der Waals surface area contributed by atoms with Crippen LogP contribution in [0, 0.1) is 10.1 Å². The number of nitro groups is 1. The molecule has 1 heterocycles. The highest BCUT2D eigenvalue weighted by molar-refractivity contribution is 5.88. The van der Waals surface area contributed by atoms with Crippen LogP contribution in [0.4, 0.5) is 21.0 Å². The van der Waals surface area contributed by atoms with Crippen LogP contribution < -0.4 is 9.64 Å². The molecule has 10 nitrogen and oxygen atoms in total. The van der Waals surface area contributed by atoms with E-state index in [1.165, 1.54) is 23.0 Å². The van der Waals surface area contributed by atoms with E-state index in [1.54, 1.807) is 12.1 Å². The number of piperidine rings is 1. The molecule has 1 N–H and O–H groups in total. The van der Waals surface area contributed by atoms with Crippen LogP contribution in [0.2, 0.25) is 0 Å². The molecular weight excluding hydrogens is 574 g/mol. The Labute approximate surface area is 260 Å². The summed E-state index contributed by atoms with van der Waals surface area (Å²) in [4.78, 5) is 39.5. The number of hydrogen-bond acceptors (Lipinski definition) is 6. The molecule has 2 aliphatic rings. The Morgan fingerprint density at radius 2 is 1.69 bits per heavy atom. The molecule has 10 heteroatoms. The van der Waals surface area contributed by atoms with Crippen molar-refractivity contribution in [1.82, 2.24) is 4.90 Å². The van der Waals surface area contributed by atoms with Gasteiger partial charge in [-0.2, -0.15) is 0 Å². The van der Waals surface area contributed by atoms with Crippen LogP contribution >= 0.6 is 0 Å². The van der Waals surface area contributed by atoms with Crippen molar-refractivity contribution in [1.29, 1.82) is 0 Å². The average Bonchev–Trinajstić information content (AvgIpc) is 3.39. The zero-order valence-corrected chi connectivity index (χ0v) is 24.8. The lowest BCUT2D eigenvalue weighted by molar-refractivity contribution is -0.385. The van der Waals surface area contributed by atoms with Gasteiger partial charge in [0.25, 0.3) is 0 Å². The van der Waals surface area contributed by atoms with Crippen molar-refractivity contribution in [3.05, 3.63) is 123 Å². The number of rotatable bonds is 8. The molecule has 45 heavy (non-hydrogen) atoms. The van der Waals surface area contributed by atoms with Gasteiger partial charge in [0, 0.05) is 36.7 Å². The van der Waals surface area contributed by atoms with Gasteiger partial charge >= 0.3 is 17.9 Å². The van der Waals surface area contributed by atoms with Gasteiger partial charge in [-0.15, -0.1) is 0 Å². The number of carbonyl (C=O) groups excluding carboxylic acids is 1. The Balaban J connectivity index is 1.30. The largest absolute Gasteiger partial charge is 0.490 e. The Morgan fingerprint density at radius 1 is 0.978 bits per heavy atom. The predicted octanol–water partition coefficient (Wildman–Crippen LogP) is 7.42. The molecule has 1 fully saturated rings. The van der Waals surface area contributed by atoms with E-state index in [9.17, 15) is 24.8 Å². The molecule has 1 atom stereocenters. The Hall–Kier alpha value is -5.38. The molecule has 0 radical (unpaired) electrons. The van der Waals surface area contributed by atoms with Gasteiger partial charge in [-0.3, -0.25) is 15.0 Å². The molecule has 2 amide bonds. The average molecular weight is 608 g/mol. The molecular formula is C35H33N3O7. The molecule has 1 aliphatic heterocycles. The van der Waals surface area contributed by atoms with Crippen LogP contribution in [0.5, 0.6) is 5.75 Å². The minimum atomic E-state index is -0.941. The second-order valence-corrected chi connectivity index (χ2v) is 11.3. The maximum absolute atomic E-state index is 14.0. The SMILES string of the molecule is COc1cc(CN(C(=O)OCC2c3ccccc3-c3ccccc32)c2cccc(C3CCCN(C(=O)O)C3)c2)ccc1[N+](=O)[O-]. The Kier molecular flexibility index (Phi) is 8.37. The number of hydrogen-bond donors (Lipinski definition) is 1. The van der Waals surface area contributed by atoms with Gasteiger partial charge in [-0.1, -0.05) is 66.7 Å². The quantitative estimate of drug-likeness (QED) is 0.163. The highest BCUT2D eigenvalue weighted by Gasteiger charge is 2.31. The highest BCUT2D eigenvalue weighted by Crippen LogP contribution is 2.44. The van der Waals surface area contributed by atoms with E-state index >= 15 is 0 Å². The van der Waals surface area contributed by atoms with E-state index in [-0.39, 0.29) is 36.4 Å². The lowest BCUT2D eigenvalue weighted by atomic mass is 9.90. The number of methoxy groups -OCH3 is 1. The summed E-state index contributed by atoms with van der Waals surface area (Å²) in [6, 6.07) is 28.3. The number of fused-ring (bicyclic) bond motifs is 3. The van der Waals surface area contributed by atoms with Gasteiger partial charge < -0.3 is 19.5 Å². The third kappa shape index (κ3) is 6.04. The maximum Gasteiger partial charge on any atom is 0.414 e. The monoisotopic (exact) mass is 607 g/mol. The molecule has 1 saturated heterocycles. The number of benzene rings is 4. The van der Waals surface area contributed by atoms with Crippen molar-refractivity contribution in [2.45, 2.75) is 31.2 Å². The van der Waals surface area contributed by atoms with Crippen molar-refractivity contribution in [3.8, 4) is 16.9 Å². The Morgan fingerprint density at radius 3 is 2.36 bits per heavy atom. The van der Waals surface area contributed by atoms with Crippen LogP contribution in [-0.2, 0) is 11.3 Å². The fourth-order valence-electron chi connectivity index (χ4n) is 6.46. The predicted molar refractivity (Wildman–Crippen MR) is 169 cm³/mol. The van der Waals surface area contributed by atoms with Crippen LogP contribution in [0.1, 0.15) is 46.9 Å². The van der Waals surface area contributed by atoms with Gasteiger partial charge in [-0.25, -0.2) is 9.59 Å². The fourth-order valence-corrected chi connectivity index (χ4v) is 6.46. The fraction of sp³-hybridized carbons (Fsp3) is 0.257. The van der Waals surface area contributed by atoms with Crippen molar-refractivity contribution in [3.63, 3.8) is 0 Å². The zero-order chi connectivity index (χ0) is 31.5. The molecule has 0 aromatic heterocycles. The van der Waals surface area contributed by atoms with Crippen molar-refractivity contribution < 1.29 is 29.1 Å². The molecule has 230 valence electrons. The van der Waals surface area contributed by atoms with E-state index in [4.69, 9.17) is 9.47 Å². The maximum atomic E-state index is 14.0. The minimum Gasteiger partial charge on any atom is -0.490 e. The number of nitro benzene ring substituents is 1. The number of nitrogens with zero attached hydrogens (tertiary/aromatic N) is 3.